The maximum absolute atomic E-state index is 9.10. The zero-order valence-electron chi connectivity index (χ0n) is 18.6. The number of nitrogens with zero attached hydrogens (tertiary/aromatic N) is 7. The van der Waals surface area contributed by atoms with Gasteiger partial charge in [-0.3, -0.25) is 0 Å². The van der Waals surface area contributed by atoms with E-state index in [1.807, 2.05) is 28.9 Å². The summed E-state index contributed by atoms with van der Waals surface area (Å²) in [6.07, 6.45) is 2.15. The fraction of sp³-hybridized carbons (Fsp3) is 0.280. The molecule has 2 atom stereocenters. The predicted octanol–water partition coefficient (Wildman–Crippen LogP) is 3.22. The highest BCUT2D eigenvalue weighted by Gasteiger charge is 2.26. The Bertz CT molecular complexity index is 1360. The van der Waals surface area contributed by atoms with Crippen molar-refractivity contribution >= 4 is 5.69 Å². The van der Waals surface area contributed by atoms with Gasteiger partial charge in [0.05, 0.1) is 23.0 Å². The monoisotopic (exact) mass is 436 g/mol. The van der Waals surface area contributed by atoms with Crippen LogP contribution in [-0.4, -0.2) is 49.9 Å². The van der Waals surface area contributed by atoms with Crippen molar-refractivity contribution in [2.24, 2.45) is 0 Å². The van der Waals surface area contributed by atoms with E-state index in [-0.39, 0.29) is 0 Å². The minimum atomic E-state index is 0.449. The van der Waals surface area contributed by atoms with Crippen molar-refractivity contribution in [3.8, 4) is 34.4 Å². The van der Waals surface area contributed by atoms with Crippen molar-refractivity contribution in [1.29, 1.82) is 5.26 Å². The van der Waals surface area contributed by atoms with E-state index in [0.717, 1.165) is 48.0 Å². The normalized spacial score (nSPS) is 19.2. The second kappa shape index (κ2) is 7.57. The molecule has 0 bridgehead atoms. The Labute approximate surface area is 192 Å². The molecule has 1 unspecified atom stereocenters. The summed E-state index contributed by atoms with van der Waals surface area (Å²) in [6, 6.07) is 19.4. The van der Waals surface area contributed by atoms with Gasteiger partial charge in [-0.15, -0.1) is 5.10 Å². The lowest BCUT2D eigenvalue weighted by Crippen LogP contribution is -2.54. The summed E-state index contributed by atoms with van der Waals surface area (Å²) in [5.74, 6) is 0.728. The van der Waals surface area contributed by atoms with Crippen LogP contribution in [0.1, 0.15) is 25.0 Å². The van der Waals surface area contributed by atoms with Crippen LogP contribution >= 0.6 is 0 Å². The van der Waals surface area contributed by atoms with E-state index in [1.165, 1.54) is 11.3 Å². The number of fused-ring (bicyclic) bond motifs is 5. The second-order valence-electron chi connectivity index (χ2n) is 9.03. The van der Waals surface area contributed by atoms with Crippen LogP contribution in [0.15, 0.2) is 54.7 Å². The standard InChI is InChI=1S/C25H24N8/c1-16-12-31(13-17(2)27-16)22-7-8-23-21(9-22)15-32-14-20(19-5-3-18(11-26)4-6-19)10-24(32)25-28-29-30-33(23)25/h3-10,14,16-17,27H,12-13,15H2,1-2H3/t16-,17?/m1/s1. The van der Waals surface area contributed by atoms with Gasteiger partial charge >= 0.3 is 0 Å². The minimum absolute atomic E-state index is 0.449. The summed E-state index contributed by atoms with van der Waals surface area (Å²) in [7, 11) is 0. The molecule has 1 fully saturated rings. The van der Waals surface area contributed by atoms with Gasteiger partial charge in [-0.1, -0.05) is 12.1 Å². The largest absolute Gasteiger partial charge is 0.368 e. The van der Waals surface area contributed by atoms with Crippen LogP contribution in [0.25, 0.3) is 28.3 Å². The van der Waals surface area contributed by atoms with E-state index in [9.17, 15) is 0 Å². The first-order valence-corrected chi connectivity index (χ1v) is 11.2. The molecule has 2 aliphatic heterocycles. The van der Waals surface area contributed by atoms with E-state index in [2.05, 4.69) is 80.7 Å². The molecule has 164 valence electrons. The number of aromatic nitrogens is 5. The maximum Gasteiger partial charge on any atom is 0.203 e. The zero-order chi connectivity index (χ0) is 22.5. The molecule has 4 heterocycles. The molecule has 8 heteroatoms. The molecule has 4 aromatic rings. The summed E-state index contributed by atoms with van der Waals surface area (Å²) in [4.78, 5) is 2.45. The van der Waals surface area contributed by atoms with Crippen molar-refractivity contribution in [2.45, 2.75) is 32.5 Å². The lowest BCUT2D eigenvalue weighted by Gasteiger charge is -2.38. The number of hydrogen-bond acceptors (Lipinski definition) is 6. The fourth-order valence-corrected chi connectivity index (χ4v) is 5.06. The van der Waals surface area contributed by atoms with E-state index >= 15 is 0 Å². The maximum atomic E-state index is 9.10. The third kappa shape index (κ3) is 3.38. The Kier molecular flexibility index (Phi) is 4.52. The number of nitrogens with one attached hydrogen (secondary N) is 1. The summed E-state index contributed by atoms with van der Waals surface area (Å²) in [5, 5.41) is 25.3. The van der Waals surface area contributed by atoms with E-state index in [4.69, 9.17) is 5.26 Å². The predicted molar refractivity (Wildman–Crippen MR) is 126 cm³/mol. The summed E-state index contributed by atoms with van der Waals surface area (Å²) >= 11 is 0. The molecular weight excluding hydrogens is 412 g/mol. The summed E-state index contributed by atoms with van der Waals surface area (Å²) in [5.41, 5.74) is 7.19. The number of benzene rings is 2. The van der Waals surface area contributed by atoms with Gasteiger partial charge in [0.1, 0.15) is 0 Å². The van der Waals surface area contributed by atoms with Crippen LogP contribution in [0.2, 0.25) is 0 Å². The lowest BCUT2D eigenvalue weighted by molar-refractivity contribution is 0.407. The Morgan fingerprint density at radius 3 is 2.55 bits per heavy atom. The molecule has 1 N–H and O–H groups in total. The molecule has 8 nitrogen and oxygen atoms in total. The Morgan fingerprint density at radius 2 is 1.79 bits per heavy atom. The number of rotatable bonds is 2. The van der Waals surface area contributed by atoms with Gasteiger partial charge < -0.3 is 14.8 Å². The van der Waals surface area contributed by atoms with Crippen LogP contribution < -0.4 is 10.2 Å². The van der Waals surface area contributed by atoms with Crippen LogP contribution in [0.4, 0.5) is 5.69 Å². The first-order valence-electron chi connectivity index (χ1n) is 11.2. The van der Waals surface area contributed by atoms with Crippen molar-refractivity contribution in [3.05, 3.63) is 65.9 Å². The van der Waals surface area contributed by atoms with Crippen molar-refractivity contribution in [2.75, 3.05) is 18.0 Å². The van der Waals surface area contributed by atoms with Crippen LogP contribution in [0.3, 0.4) is 0 Å². The van der Waals surface area contributed by atoms with Gasteiger partial charge in [0.15, 0.2) is 0 Å². The number of tetrazole rings is 1. The summed E-state index contributed by atoms with van der Waals surface area (Å²) < 4.78 is 4.05. The van der Waals surface area contributed by atoms with Gasteiger partial charge in [-0.25, -0.2) is 0 Å². The average molecular weight is 437 g/mol. The van der Waals surface area contributed by atoms with Gasteiger partial charge in [0.2, 0.25) is 5.82 Å². The van der Waals surface area contributed by atoms with Crippen LogP contribution in [0, 0.1) is 11.3 Å². The summed E-state index contributed by atoms with van der Waals surface area (Å²) in [6.45, 7) is 7.15. The number of piperazine rings is 1. The molecule has 2 aromatic heterocycles. The molecule has 2 aliphatic rings. The van der Waals surface area contributed by atoms with Crippen LogP contribution in [-0.2, 0) is 6.54 Å². The Balaban J connectivity index is 1.42. The quantitative estimate of drug-likeness (QED) is 0.457. The Morgan fingerprint density at radius 1 is 1.00 bits per heavy atom. The molecule has 6 rings (SSSR count). The molecular formula is C25H24N8. The van der Waals surface area contributed by atoms with Crippen LogP contribution in [0.5, 0.6) is 0 Å². The van der Waals surface area contributed by atoms with Crippen molar-refractivity contribution in [3.63, 3.8) is 0 Å². The first kappa shape index (κ1) is 19.7. The molecule has 0 spiro atoms. The fourth-order valence-electron chi connectivity index (χ4n) is 5.06. The molecule has 1 saturated heterocycles. The Hall–Kier alpha value is -3.96. The van der Waals surface area contributed by atoms with Gasteiger partial charge in [0.25, 0.3) is 0 Å². The third-order valence-corrected chi connectivity index (χ3v) is 6.50. The van der Waals surface area contributed by atoms with E-state index in [0.29, 0.717) is 17.6 Å². The highest BCUT2D eigenvalue weighted by Crippen LogP contribution is 2.34. The minimum Gasteiger partial charge on any atom is -0.368 e. The average Bonchev–Trinajstić information content (AvgIpc) is 3.43. The molecule has 2 aromatic carbocycles. The van der Waals surface area contributed by atoms with Crippen molar-refractivity contribution in [1.82, 2.24) is 30.1 Å². The number of nitriles is 1. The van der Waals surface area contributed by atoms with Gasteiger partial charge in [-0.2, -0.15) is 9.94 Å². The molecule has 0 aliphatic carbocycles. The van der Waals surface area contributed by atoms with E-state index < -0.39 is 0 Å². The molecule has 33 heavy (non-hydrogen) atoms. The number of anilines is 1. The second-order valence-corrected chi connectivity index (χ2v) is 9.03. The SMILES string of the molecule is CC1CN(c2ccc3c(c2)Cn2cc(-c4ccc(C#N)cc4)cc2-c2nnnn2-3)C[C@@H](C)N1. The van der Waals surface area contributed by atoms with Gasteiger partial charge in [-0.05, 0) is 71.8 Å². The first-order chi connectivity index (χ1) is 16.1. The third-order valence-electron chi connectivity index (χ3n) is 6.50. The van der Waals surface area contributed by atoms with E-state index in [1.54, 1.807) is 0 Å². The topological polar surface area (TPSA) is 87.6 Å². The number of hydrogen-bond donors (Lipinski definition) is 1. The zero-order valence-corrected chi connectivity index (χ0v) is 18.6. The van der Waals surface area contributed by atoms with Crippen molar-refractivity contribution < 1.29 is 0 Å². The highest BCUT2D eigenvalue weighted by molar-refractivity contribution is 5.72. The molecule has 0 amide bonds. The highest BCUT2D eigenvalue weighted by atomic mass is 15.5. The van der Waals surface area contributed by atoms with Gasteiger partial charge in [0, 0.05) is 49.2 Å². The lowest BCUT2D eigenvalue weighted by atomic mass is 10.1. The molecule has 0 saturated carbocycles. The molecule has 0 radical (unpaired) electrons. The smallest absolute Gasteiger partial charge is 0.203 e.